The van der Waals surface area contributed by atoms with Gasteiger partial charge < -0.3 is 18.9 Å². The first-order chi connectivity index (χ1) is 14.7. The highest BCUT2D eigenvalue weighted by atomic mass is 16.6. The number of ether oxygens (including phenoxy) is 4. The van der Waals surface area contributed by atoms with Gasteiger partial charge in [0.15, 0.2) is 5.88 Å². The van der Waals surface area contributed by atoms with E-state index in [2.05, 4.69) is 9.97 Å². The van der Waals surface area contributed by atoms with Crippen LogP contribution in [0.1, 0.15) is 11.3 Å². The summed E-state index contributed by atoms with van der Waals surface area (Å²) in [5, 5.41) is 0. The van der Waals surface area contributed by atoms with Gasteiger partial charge in [-0.25, -0.2) is 0 Å². The van der Waals surface area contributed by atoms with Crippen LogP contribution in [0.4, 0.5) is 0 Å². The first-order valence-electron chi connectivity index (χ1n) is 9.87. The molecule has 7 heteroatoms. The van der Waals surface area contributed by atoms with Crippen LogP contribution >= 0.6 is 0 Å². The summed E-state index contributed by atoms with van der Waals surface area (Å²) in [5.41, 5.74) is 3.35. The van der Waals surface area contributed by atoms with E-state index >= 15 is 0 Å². The summed E-state index contributed by atoms with van der Waals surface area (Å²) in [6, 6.07) is 14.9. The van der Waals surface area contributed by atoms with Gasteiger partial charge in [0, 0.05) is 18.3 Å². The third kappa shape index (κ3) is 5.25. The lowest BCUT2D eigenvalue weighted by molar-refractivity contribution is -0.102. The number of pyridine rings is 2. The zero-order valence-electron chi connectivity index (χ0n) is 16.8. The maximum Gasteiger partial charge on any atom is 0.251 e. The van der Waals surface area contributed by atoms with Crippen LogP contribution in [0.5, 0.6) is 11.6 Å². The number of rotatable bonds is 7. The first-order valence-corrected chi connectivity index (χ1v) is 9.87. The quantitative estimate of drug-likeness (QED) is 0.647. The number of nitrogens with one attached hydrogen (secondary N) is 1. The van der Waals surface area contributed by atoms with E-state index in [-0.39, 0.29) is 11.7 Å². The smallest absolute Gasteiger partial charge is 0.251 e. The Hall–Kier alpha value is -3.16. The lowest BCUT2D eigenvalue weighted by Crippen LogP contribution is -2.33. The van der Waals surface area contributed by atoms with Gasteiger partial charge in [-0.05, 0) is 47.9 Å². The molecule has 30 heavy (non-hydrogen) atoms. The molecule has 1 fully saturated rings. The highest BCUT2D eigenvalue weighted by molar-refractivity contribution is 5.68. The van der Waals surface area contributed by atoms with Crippen molar-refractivity contribution in [1.29, 1.82) is 0 Å². The molecule has 7 nitrogen and oxygen atoms in total. The number of aryl methyl sites for hydroxylation is 1. The fraction of sp³-hybridized carbons (Fsp3) is 0.304. The van der Waals surface area contributed by atoms with E-state index in [1.807, 2.05) is 49.4 Å². The minimum absolute atomic E-state index is 0.136. The Balaban J connectivity index is 1.46. The van der Waals surface area contributed by atoms with Crippen LogP contribution in [0.15, 0.2) is 59.5 Å². The number of aromatic amines is 1. The van der Waals surface area contributed by atoms with Gasteiger partial charge in [-0.15, -0.1) is 0 Å². The summed E-state index contributed by atoms with van der Waals surface area (Å²) in [6.07, 6.45) is 1.61. The van der Waals surface area contributed by atoms with Crippen LogP contribution in [-0.4, -0.2) is 42.5 Å². The Bertz CT molecular complexity index is 1030. The molecule has 3 heterocycles. The monoisotopic (exact) mass is 408 g/mol. The first kappa shape index (κ1) is 20.1. The topological polar surface area (TPSA) is 82.7 Å². The molecule has 2 aromatic heterocycles. The van der Waals surface area contributed by atoms with Crippen molar-refractivity contribution in [3.05, 3.63) is 76.3 Å². The molecular weight excluding hydrogens is 384 g/mol. The molecule has 0 bridgehead atoms. The van der Waals surface area contributed by atoms with Crippen molar-refractivity contribution in [3.8, 4) is 22.8 Å². The molecule has 0 radical (unpaired) electrons. The molecule has 1 atom stereocenters. The van der Waals surface area contributed by atoms with Gasteiger partial charge >= 0.3 is 0 Å². The fourth-order valence-electron chi connectivity index (χ4n) is 3.26. The number of hydrogen-bond acceptors (Lipinski definition) is 6. The van der Waals surface area contributed by atoms with Gasteiger partial charge in [0.05, 0.1) is 25.5 Å². The largest absolute Gasteiger partial charge is 0.487 e. The Morgan fingerprint density at radius 1 is 1.13 bits per heavy atom. The minimum Gasteiger partial charge on any atom is -0.487 e. The summed E-state index contributed by atoms with van der Waals surface area (Å²) in [7, 11) is 0. The van der Waals surface area contributed by atoms with Crippen molar-refractivity contribution in [2.45, 2.75) is 19.6 Å². The third-order valence-corrected chi connectivity index (χ3v) is 4.75. The van der Waals surface area contributed by atoms with E-state index in [9.17, 15) is 4.79 Å². The summed E-state index contributed by atoms with van der Waals surface area (Å²) in [5.74, 6) is 1.15. The second kappa shape index (κ2) is 9.56. The predicted octanol–water partition coefficient (Wildman–Crippen LogP) is 3.12. The number of aromatic nitrogens is 2. The van der Waals surface area contributed by atoms with Gasteiger partial charge in [0.25, 0.3) is 5.56 Å². The van der Waals surface area contributed by atoms with E-state index in [0.29, 0.717) is 38.9 Å². The van der Waals surface area contributed by atoms with Crippen molar-refractivity contribution in [2.24, 2.45) is 0 Å². The molecule has 0 aliphatic carbocycles. The molecule has 4 rings (SSSR count). The maximum absolute atomic E-state index is 12.2. The highest BCUT2D eigenvalue weighted by Gasteiger charge is 2.15. The molecule has 1 N–H and O–H groups in total. The van der Waals surface area contributed by atoms with Crippen LogP contribution in [0.3, 0.4) is 0 Å². The predicted molar refractivity (Wildman–Crippen MR) is 112 cm³/mol. The Morgan fingerprint density at radius 2 is 2.07 bits per heavy atom. The standard InChI is InChI=1S/C23H24N2O5/c1-16-10-19(29-13-18-4-2-3-7-24-18)5-6-21(16)17-11-22(26)25-23(12-17)30-15-20-14-27-8-9-28-20/h2-7,10-12,20H,8-9,13-15H2,1H3,(H,25,26). The molecular formula is C23H24N2O5. The Morgan fingerprint density at radius 3 is 2.83 bits per heavy atom. The fourth-order valence-corrected chi connectivity index (χ4v) is 3.26. The Kier molecular flexibility index (Phi) is 6.41. The molecule has 156 valence electrons. The minimum atomic E-state index is -0.224. The van der Waals surface area contributed by atoms with Crippen molar-refractivity contribution < 1.29 is 18.9 Å². The van der Waals surface area contributed by atoms with Gasteiger partial charge in [0.2, 0.25) is 0 Å². The molecule has 0 spiro atoms. The zero-order chi connectivity index (χ0) is 20.8. The van der Waals surface area contributed by atoms with Crippen molar-refractivity contribution in [3.63, 3.8) is 0 Å². The van der Waals surface area contributed by atoms with E-state index in [1.165, 1.54) is 0 Å². The van der Waals surface area contributed by atoms with E-state index in [4.69, 9.17) is 18.9 Å². The van der Waals surface area contributed by atoms with Gasteiger partial charge in [-0.1, -0.05) is 12.1 Å². The van der Waals surface area contributed by atoms with Crippen molar-refractivity contribution in [1.82, 2.24) is 9.97 Å². The Labute approximate surface area is 174 Å². The molecule has 1 unspecified atom stereocenters. The molecule has 3 aromatic rings. The van der Waals surface area contributed by atoms with Crippen LogP contribution in [0.2, 0.25) is 0 Å². The number of hydrogen-bond donors (Lipinski definition) is 1. The normalized spacial score (nSPS) is 16.2. The summed E-state index contributed by atoms with van der Waals surface area (Å²) < 4.78 is 22.5. The second-order valence-electron chi connectivity index (χ2n) is 7.06. The SMILES string of the molecule is Cc1cc(OCc2ccccn2)ccc1-c1cc(OCC2COCCO2)[nH]c(=O)c1. The van der Waals surface area contributed by atoms with Crippen LogP contribution in [-0.2, 0) is 16.1 Å². The number of benzene rings is 1. The molecule has 0 amide bonds. The number of H-pyrrole nitrogens is 1. The van der Waals surface area contributed by atoms with Gasteiger partial charge in [0.1, 0.15) is 25.1 Å². The van der Waals surface area contributed by atoms with E-state index in [0.717, 1.165) is 28.1 Å². The molecule has 0 saturated carbocycles. The summed E-state index contributed by atoms with van der Waals surface area (Å²) in [4.78, 5) is 19.1. The number of nitrogens with zero attached hydrogens (tertiary/aromatic N) is 1. The maximum atomic E-state index is 12.2. The average molecular weight is 408 g/mol. The van der Waals surface area contributed by atoms with E-state index < -0.39 is 0 Å². The van der Waals surface area contributed by atoms with Gasteiger partial charge in [-0.2, -0.15) is 0 Å². The molecule has 1 aromatic carbocycles. The summed E-state index contributed by atoms with van der Waals surface area (Å²) in [6.45, 7) is 4.34. The summed E-state index contributed by atoms with van der Waals surface area (Å²) >= 11 is 0. The average Bonchev–Trinajstić information content (AvgIpc) is 2.77. The lowest BCUT2D eigenvalue weighted by atomic mass is 10.0. The second-order valence-corrected chi connectivity index (χ2v) is 7.06. The molecule has 1 aliphatic rings. The van der Waals surface area contributed by atoms with Gasteiger partial charge in [-0.3, -0.25) is 14.8 Å². The van der Waals surface area contributed by atoms with Crippen molar-refractivity contribution in [2.75, 3.05) is 26.4 Å². The van der Waals surface area contributed by atoms with Crippen LogP contribution in [0, 0.1) is 6.92 Å². The third-order valence-electron chi connectivity index (χ3n) is 4.75. The lowest BCUT2D eigenvalue weighted by Gasteiger charge is -2.22. The molecule has 1 saturated heterocycles. The van der Waals surface area contributed by atoms with E-state index in [1.54, 1.807) is 12.3 Å². The van der Waals surface area contributed by atoms with Crippen LogP contribution in [0.25, 0.3) is 11.1 Å². The molecule has 1 aliphatic heterocycles. The zero-order valence-corrected chi connectivity index (χ0v) is 16.8. The van der Waals surface area contributed by atoms with Crippen LogP contribution < -0.4 is 15.0 Å². The van der Waals surface area contributed by atoms with Crippen molar-refractivity contribution >= 4 is 0 Å². The highest BCUT2D eigenvalue weighted by Crippen LogP contribution is 2.28.